The molecule has 0 aromatic heterocycles. The summed E-state index contributed by atoms with van der Waals surface area (Å²) in [6.07, 6.45) is 0.444. The molecule has 0 bridgehead atoms. The van der Waals surface area contributed by atoms with Crippen LogP contribution >= 0.6 is 34.8 Å². The first kappa shape index (κ1) is 23.3. The summed E-state index contributed by atoms with van der Waals surface area (Å²) >= 11 is 18.2. The van der Waals surface area contributed by atoms with Crippen LogP contribution in [0.25, 0.3) is 0 Å². The molecule has 0 aliphatic carbocycles. The summed E-state index contributed by atoms with van der Waals surface area (Å²) in [5, 5.41) is 4.21. The number of carbonyl (C=O) groups excluding carboxylic acids is 2. The highest BCUT2D eigenvalue weighted by Crippen LogP contribution is 2.24. The second kappa shape index (κ2) is 11.3. The lowest BCUT2D eigenvalue weighted by molar-refractivity contribution is -0.142. The van der Waals surface area contributed by atoms with Crippen LogP contribution in [-0.4, -0.2) is 35.9 Å². The molecule has 0 saturated heterocycles. The molecule has 1 unspecified atom stereocenters. The van der Waals surface area contributed by atoms with Gasteiger partial charge in [0.1, 0.15) is 11.8 Å². The fourth-order valence-corrected chi connectivity index (χ4v) is 3.48. The Morgan fingerprint density at radius 2 is 1.79 bits per heavy atom. The van der Waals surface area contributed by atoms with Crippen LogP contribution < -0.4 is 10.1 Å². The number of hydrogen-bond donors (Lipinski definition) is 1. The molecule has 8 heteroatoms. The maximum absolute atomic E-state index is 13.0. The zero-order chi connectivity index (χ0) is 21.4. The summed E-state index contributed by atoms with van der Waals surface area (Å²) in [6.45, 7) is 4.07. The quantitative estimate of drug-likeness (QED) is 0.578. The molecule has 1 N–H and O–H groups in total. The van der Waals surface area contributed by atoms with Gasteiger partial charge in [0.2, 0.25) is 5.91 Å². The molecule has 1 atom stereocenters. The van der Waals surface area contributed by atoms with E-state index >= 15 is 0 Å². The molecule has 0 spiro atoms. The van der Waals surface area contributed by atoms with Crippen LogP contribution in [0.1, 0.15) is 25.8 Å². The Kier molecular flexibility index (Phi) is 9.08. The highest BCUT2D eigenvalue weighted by molar-refractivity contribution is 6.35. The predicted octanol–water partition coefficient (Wildman–Crippen LogP) is 4.97. The Bertz CT molecular complexity index is 861. The summed E-state index contributed by atoms with van der Waals surface area (Å²) in [4.78, 5) is 27.0. The lowest BCUT2D eigenvalue weighted by Gasteiger charge is -2.30. The third kappa shape index (κ3) is 6.81. The van der Waals surface area contributed by atoms with E-state index in [1.165, 1.54) is 4.90 Å². The molecule has 2 rings (SSSR count). The minimum atomic E-state index is -0.655. The molecule has 156 valence electrons. The van der Waals surface area contributed by atoms with Crippen LogP contribution in [-0.2, 0) is 16.1 Å². The van der Waals surface area contributed by atoms with Crippen molar-refractivity contribution in [2.24, 2.45) is 0 Å². The standard InChI is InChI=1S/C21H23Cl3N2O3/c1-3-19(21(28)25-4-2)26(12-14-8-9-16(23)11-18(14)24)20(27)13-29-17-7-5-6-15(22)10-17/h5-11,19H,3-4,12-13H2,1-2H3,(H,25,28). The van der Waals surface area contributed by atoms with Crippen molar-refractivity contribution in [2.45, 2.75) is 32.9 Å². The number of rotatable bonds is 9. The molecule has 0 saturated carbocycles. The van der Waals surface area contributed by atoms with E-state index in [2.05, 4.69) is 5.32 Å². The van der Waals surface area contributed by atoms with Crippen molar-refractivity contribution in [2.75, 3.05) is 13.2 Å². The average molecular weight is 458 g/mol. The Morgan fingerprint density at radius 3 is 2.41 bits per heavy atom. The Balaban J connectivity index is 2.24. The van der Waals surface area contributed by atoms with Crippen LogP contribution in [0.15, 0.2) is 42.5 Å². The minimum absolute atomic E-state index is 0.156. The normalized spacial score (nSPS) is 11.6. The van der Waals surface area contributed by atoms with Crippen molar-refractivity contribution in [3.05, 3.63) is 63.1 Å². The maximum Gasteiger partial charge on any atom is 0.261 e. The van der Waals surface area contributed by atoms with E-state index in [0.29, 0.717) is 39.3 Å². The highest BCUT2D eigenvalue weighted by Gasteiger charge is 2.29. The number of likely N-dealkylation sites (N-methyl/N-ethyl adjacent to an activating group) is 1. The molecule has 2 amide bonds. The lowest BCUT2D eigenvalue weighted by atomic mass is 10.1. The van der Waals surface area contributed by atoms with Crippen molar-refractivity contribution in [1.82, 2.24) is 10.2 Å². The van der Waals surface area contributed by atoms with Gasteiger partial charge in [0.15, 0.2) is 6.61 Å². The van der Waals surface area contributed by atoms with Gasteiger partial charge in [-0.3, -0.25) is 9.59 Å². The number of halogens is 3. The van der Waals surface area contributed by atoms with Gasteiger partial charge in [0, 0.05) is 28.2 Å². The Hall–Kier alpha value is -1.95. The van der Waals surface area contributed by atoms with Gasteiger partial charge in [-0.1, -0.05) is 53.9 Å². The summed E-state index contributed by atoms with van der Waals surface area (Å²) in [5.74, 6) is -0.0910. The minimum Gasteiger partial charge on any atom is -0.484 e. The van der Waals surface area contributed by atoms with Crippen molar-refractivity contribution >= 4 is 46.6 Å². The van der Waals surface area contributed by atoms with E-state index < -0.39 is 6.04 Å². The van der Waals surface area contributed by atoms with Crippen molar-refractivity contribution < 1.29 is 14.3 Å². The van der Waals surface area contributed by atoms with E-state index in [1.54, 1.807) is 42.5 Å². The van der Waals surface area contributed by atoms with E-state index in [-0.39, 0.29) is 25.0 Å². The number of carbonyl (C=O) groups is 2. The van der Waals surface area contributed by atoms with Gasteiger partial charge < -0.3 is 15.0 Å². The van der Waals surface area contributed by atoms with Crippen molar-refractivity contribution in [1.29, 1.82) is 0 Å². The summed E-state index contributed by atoms with van der Waals surface area (Å²) in [7, 11) is 0. The first-order valence-electron chi connectivity index (χ1n) is 9.25. The number of amides is 2. The summed E-state index contributed by atoms with van der Waals surface area (Å²) < 4.78 is 5.59. The topological polar surface area (TPSA) is 58.6 Å². The molecule has 2 aromatic rings. The summed E-state index contributed by atoms with van der Waals surface area (Å²) in [5.41, 5.74) is 0.690. The van der Waals surface area contributed by atoms with Crippen LogP contribution in [0.3, 0.4) is 0 Å². The Labute approximate surface area is 185 Å². The first-order valence-corrected chi connectivity index (χ1v) is 10.4. The van der Waals surface area contributed by atoms with E-state index in [4.69, 9.17) is 39.5 Å². The van der Waals surface area contributed by atoms with Crippen LogP contribution in [0.5, 0.6) is 5.75 Å². The molecule has 5 nitrogen and oxygen atoms in total. The number of benzene rings is 2. The largest absolute Gasteiger partial charge is 0.484 e. The molecule has 0 radical (unpaired) electrons. The highest BCUT2D eigenvalue weighted by atomic mass is 35.5. The van der Waals surface area contributed by atoms with Crippen LogP contribution in [0, 0.1) is 0 Å². The smallest absolute Gasteiger partial charge is 0.261 e. The second-order valence-electron chi connectivity index (χ2n) is 6.32. The van der Waals surface area contributed by atoms with E-state index in [1.807, 2.05) is 13.8 Å². The van der Waals surface area contributed by atoms with E-state index in [0.717, 1.165) is 0 Å². The fraction of sp³-hybridized carbons (Fsp3) is 0.333. The molecule has 0 aliphatic rings. The predicted molar refractivity (Wildman–Crippen MR) is 117 cm³/mol. The first-order chi connectivity index (χ1) is 13.8. The van der Waals surface area contributed by atoms with Gasteiger partial charge in [-0.2, -0.15) is 0 Å². The zero-order valence-electron chi connectivity index (χ0n) is 16.3. The van der Waals surface area contributed by atoms with E-state index in [9.17, 15) is 9.59 Å². The number of nitrogens with zero attached hydrogens (tertiary/aromatic N) is 1. The monoisotopic (exact) mass is 456 g/mol. The lowest BCUT2D eigenvalue weighted by Crippen LogP contribution is -2.50. The molecule has 2 aromatic carbocycles. The van der Waals surface area contributed by atoms with Gasteiger partial charge in [0.25, 0.3) is 5.91 Å². The average Bonchev–Trinajstić information content (AvgIpc) is 2.68. The molecular formula is C21H23Cl3N2O3. The van der Waals surface area contributed by atoms with Crippen molar-refractivity contribution in [3.8, 4) is 5.75 Å². The second-order valence-corrected chi connectivity index (χ2v) is 7.60. The third-order valence-electron chi connectivity index (χ3n) is 4.25. The van der Waals surface area contributed by atoms with Crippen LogP contribution in [0.4, 0.5) is 0 Å². The zero-order valence-corrected chi connectivity index (χ0v) is 18.5. The maximum atomic E-state index is 13.0. The number of ether oxygens (including phenoxy) is 1. The summed E-state index contributed by atoms with van der Waals surface area (Å²) in [6, 6.07) is 11.2. The molecule has 0 aliphatic heterocycles. The van der Waals surface area contributed by atoms with Gasteiger partial charge in [-0.15, -0.1) is 0 Å². The molecule has 0 heterocycles. The molecular weight excluding hydrogens is 435 g/mol. The Morgan fingerprint density at radius 1 is 1.07 bits per heavy atom. The molecule has 0 fully saturated rings. The number of hydrogen-bond acceptors (Lipinski definition) is 3. The van der Waals surface area contributed by atoms with Gasteiger partial charge in [-0.05, 0) is 49.2 Å². The SMILES string of the molecule is CCNC(=O)C(CC)N(Cc1ccc(Cl)cc1Cl)C(=O)COc1cccc(Cl)c1. The fourth-order valence-electron chi connectivity index (χ4n) is 2.83. The van der Waals surface area contributed by atoms with Crippen molar-refractivity contribution in [3.63, 3.8) is 0 Å². The number of nitrogens with one attached hydrogen (secondary N) is 1. The molecule has 29 heavy (non-hydrogen) atoms. The van der Waals surface area contributed by atoms with Gasteiger partial charge in [-0.25, -0.2) is 0 Å². The van der Waals surface area contributed by atoms with Gasteiger partial charge in [0.05, 0.1) is 0 Å². The van der Waals surface area contributed by atoms with Crippen LogP contribution in [0.2, 0.25) is 15.1 Å². The third-order valence-corrected chi connectivity index (χ3v) is 5.07. The van der Waals surface area contributed by atoms with Gasteiger partial charge >= 0.3 is 0 Å².